The molecule has 0 unspecified atom stereocenters. The third-order valence-electron chi connectivity index (χ3n) is 3.25. The van der Waals surface area contributed by atoms with Crippen LogP contribution in [-0.4, -0.2) is 19.0 Å². The van der Waals surface area contributed by atoms with Gasteiger partial charge in [0, 0.05) is 12.1 Å². The van der Waals surface area contributed by atoms with Gasteiger partial charge < -0.3 is 10.1 Å². The molecule has 0 bridgehead atoms. The molecule has 2 rings (SSSR count). The SMILES string of the molecule is COC(=O)CCc1ccc(NC(=O)c2c(Cl)cccc2Cl)cc1.Cl. The van der Waals surface area contributed by atoms with Crippen LogP contribution in [0.1, 0.15) is 22.3 Å². The summed E-state index contributed by atoms with van der Waals surface area (Å²) < 4.78 is 4.60. The number of esters is 1. The van der Waals surface area contributed by atoms with E-state index in [1.807, 2.05) is 12.1 Å². The third-order valence-corrected chi connectivity index (χ3v) is 3.88. The molecule has 24 heavy (non-hydrogen) atoms. The lowest BCUT2D eigenvalue weighted by Crippen LogP contribution is -2.13. The first kappa shape index (κ1) is 20.3. The molecule has 1 amide bonds. The second kappa shape index (κ2) is 9.52. The van der Waals surface area contributed by atoms with Crippen molar-refractivity contribution in [2.45, 2.75) is 12.8 Å². The molecule has 0 aliphatic carbocycles. The maximum Gasteiger partial charge on any atom is 0.305 e. The van der Waals surface area contributed by atoms with Gasteiger partial charge in [-0.1, -0.05) is 41.4 Å². The predicted molar refractivity (Wildman–Crippen MR) is 98.4 cm³/mol. The van der Waals surface area contributed by atoms with Gasteiger partial charge in [-0.3, -0.25) is 9.59 Å². The highest BCUT2D eigenvalue weighted by atomic mass is 35.5. The molecule has 0 radical (unpaired) electrons. The summed E-state index contributed by atoms with van der Waals surface area (Å²) in [4.78, 5) is 23.4. The van der Waals surface area contributed by atoms with Crippen LogP contribution >= 0.6 is 35.6 Å². The minimum absolute atomic E-state index is 0. The molecular formula is C17H16Cl3NO3. The Bertz CT molecular complexity index is 697. The van der Waals surface area contributed by atoms with Crippen molar-refractivity contribution in [2.75, 3.05) is 12.4 Å². The van der Waals surface area contributed by atoms with Gasteiger partial charge in [0.05, 0.1) is 22.7 Å². The monoisotopic (exact) mass is 387 g/mol. The Hall–Kier alpha value is -1.75. The fraction of sp³-hybridized carbons (Fsp3) is 0.176. The molecule has 0 aliphatic heterocycles. The number of hydrogen-bond acceptors (Lipinski definition) is 3. The smallest absolute Gasteiger partial charge is 0.305 e. The molecule has 128 valence electrons. The summed E-state index contributed by atoms with van der Waals surface area (Å²) in [5.41, 5.74) is 1.84. The van der Waals surface area contributed by atoms with Gasteiger partial charge in [-0.05, 0) is 36.2 Å². The van der Waals surface area contributed by atoms with E-state index >= 15 is 0 Å². The zero-order chi connectivity index (χ0) is 16.8. The Kier molecular flexibility index (Phi) is 8.05. The minimum atomic E-state index is -0.372. The summed E-state index contributed by atoms with van der Waals surface area (Å²) in [6, 6.07) is 12.1. The van der Waals surface area contributed by atoms with Gasteiger partial charge in [-0.15, -0.1) is 12.4 Å². The van der Waals surface area contributed by atoms with Crippen LogP contribution in [0.5, 0.6) is 0 Å². The molecule has 0 aromatic heterocycles. The highest BCUT2D eigenvalue weighted by Crippen LogP contribution is 2.25. The second-order valence-corrected chi connectivity index (χ2v) is 5.64. The van der Waals surface area contributed by atoms with Crippen molar-refractivity contribution in [3.63, 3.8) is 0 Å². The quantitative estimate of drug-likeness (QED) is 0.750. The van der Waals surface area contributed by atoms with E-state index in [1.54, 1.807) is 30.3 Å². The summed E-state index contributed by atoms with van der Waals surface area (Å²) in [5, 5.41) is 3.34. The molecule has 2 aromatic carbocycles. The fourth-order valence-corrected chi connectivity index (χ4v) is 2.58. The van der Waals surface area contributed by atoms with Crippen LogP contribution < -0.4 is 5.32 Å². The Morgan fingerprint density at radius 1 is 1.04 bits per heavy atom. The van der Waals surface area contributed by atoms with Crippen molar-refractivity contribution in [1.82, 2.24) is 0 Å². The molecule has 4 nitrogen and oxygen atoms in total. The van der Waals surface area contributed by atoms with E-state index in [1.165, 1.54) is 7.11 Å². The topological polar surface area (TPSA) is 55.4 Å². The number of hydrogen-bond donors (Lipinski definition) is 1. The lowest BCUT2D eigenvalue weighted by molar-refractivity contribution is -0.140. The molecule has 0 saturated heterocycles. The molecule has 0 fully saturated rings. The van der Waals surface area contributed by atoms with Crippen molar-refractivity contribution >= 4 is 53.2 Å². The zero-order valence-electron chi connectivity index (χ0n) is 12.8. The predicted octanol–water partition coefficient (Wildman–Crippen LogP) is 4.77. The number of methoxy groups -OCH3 is 1. The maximum absolute atomic E-state index is 12.3. The molecule has 0 aliphatic rings. The first-order chi connectivity index (χ1) is 11.0. The summed E-state index contributed by atoms with van der Waals surface area (Å²) in [5.74, 6) is -0.626. The molecule has 0 atom stereocenters. The summed E-state index contributed by atoms with van der Waals surface area (Å²) in [6.45, 7) is 0. The number of carbonyl (C=O) groups is 2. The zero-order valence-corrected chi connectivity index (χ0v) is 15.2. The van der Waals surface area contributed by atoms with E-state index in [2.05, 4.69) is 10.1 Å². The number of anilines is 1. The number of aryl methyl sites for hydroxylation is 1. The van der Waals surface area contributed by atoms with Gasteiger partial charge in [0.1, 0.15) is 0 Å². The standard InChI is InChI=1S/C17H15Cl2NO3.ClH/c1-23-15(21)10-7-11-5-8-12(9-6-11)20-17(22)16-13(18)3-2-4-14(16)19;/h2-6,8-9H,7,10H2,1H3,(H,20,22);1H. The highest BCUT2D eigenvalue weighted by Gasteiger charge is 2.14. The molecule has 1 N–H and O–H groups in total. The molecule has 2 aromatic rings. The molecule has 0 saturated carbocycles. The van der Waals surface area contributed by atoms with Crippen LogP contribution in [0.3, 0.4) is 0 Å². The number of benzene rings is 2. The lowest BCUT2D eigenvalue weighted by Gasteiger charge is -2.09. The number of halogens is 3. The fourth-order valence-electron chi connectivity index (χ4n) is 2.01. The minimum Gasteiger partial charge on any atom is -0.469 e. The van der Waals surface area contributed by atoms with E-state index in [0.717, 1.165) is 5.56 Å². The normalized spacial score (nSPS) is 9.79. The first-order valence-corrected chi connectivity index (χ1v) is 7.68. The Morgan fingerprint density at radius 2 is 1.62 bits per heavy atom. The van der Waals surface area contributed by atoms with Crippen LogP contribution in [-0.2, 0) is 16.0 Å². The van der Waals surface area contributed by atoms with Crippen LogP contribution in [0.2, 0.25) is 10.0 Å². The van der Waals surface area contributed by atoms with Crippen LogP contribution in [0.25, 0.3) is 0 Å². The number of carbonyl (C=O) groups excluding carboxylic acids is 2. The van der Waals surface area contributed by atoms with Crippen molar-refractivity contribution in [1.29, 1.82) is 0 Å². The average Bonchev–Trinajstić information content (AvgIpc) is 2.53. The van der Waals surface area contributed by atoms with Crippen molar-refractivity contribution in [3.8, 4) is 0 Å². The van der Waals surface area contributed by atoms with Gasteiger partial charge in [0.15, 0.2) is 0 Å². The van der Waals surface area contributed by atoms with E-state index in [9.17, 15) is 9.59 Å². The van der Waals surface area contributed by atoms with E-state index in [-0.39, 0.29) is 29.8 Å². The molecule has 0 spiro atoms. The van der Waals surface area contributed by atoms with Gasteiger partial charge in [-0.2, -0.15) is 0 Å². The van der Waals surface area contributed by atoms with E-state index < -0.39 is 0 Å². The molecule has 0 heterocycles. The van der Waals surface area contributed by atoms with Crippen LogP contribution in [0, 0.1) is 0 Å². The Labute approximate surface area is 156 Å². The average molecular weight is 389 g/mol. The number of nitrogens with one attached hydrogen (secondary N) is 1. The van der Waals surface area contributed by atoms with Gasteiger partial charge in [0.2, 0.25) is 0 Å². The second-order valence-electron chi connectivity index (χ2n) is 4.82. The first-order valence-electron chi connectivity index (χ1n) is 6.92. The van der Waals surface area contributed by atoms with Crippen molar-refractivity contribution in [3.05, 3.63) is 63.6 Å². The summed E-state index contributed by atoms with van der Waals surface area (Å²) in [6.07, 6.45) is 0.897. The van der Waals surface area contributed by atoms with E-state index in [4.69, 9.17) is 23.2 Å². The van der Waals surface area contributed by atoms with Gasteiger partial charge >= 0.3 is 5.97 Å². The van der Waals surface area contributed by atoms with Crippen molar-refractivity contribution in [2.24, 2.45) is 0 Å². The lowest BCUT2D eigenvalue weighted by atomic mass is 10.1. The summed E-state index contributed by atoms with van der Waals surface area (Å²) >= 11 is 12.0. The Morgan fingerprint density at radius 3 is 2.17 bits per heavy atom. The largest absolute Gasteiger partial charge is 0.469 e. The third kappa shape index (κ3) is 5.41. The number of ether oxygens (including phenoxy) is 1. The van der Waals surface area contributed by atoms with Crippen LogP contribution in [0.4, 0.5) is 5.69 Å². The van der Waals surface area contributed by atoms with E-state index in [0.29, 0.717) is 28.6 Å². The van der Waals surface area contributed by atoms with Gasteiger partial charge in [0.25, 0.3) is 5.91 Å². The molecule has 7 heteroatoms. The number of rotatable bonds is 5. The highest BCUT2D eigenvalue weighted by molar-refractivity contribution is 6.40. The van der Waals surface area contributed by atoms with Gasteiger partial charge in [-0.25, -0.2) is 0 Å². The molecular weight excluding hydrogens is 373 g/mol. The Balaban J connectivity index is 0.00000288. The maximum atomic E-state index is 12.3. The summed E-state index contributed by atoms with van der Waals surface area (Å²) in [7, 11) is 1.36. The van der Waals surface area contributed by atoms with Crippen molar-refractivity contribution < 1.29 is 14.3 Å². The number of amides is 1. The van der Waals surface area contributed by atoms with Crippen LogP contribution in [0.15, 0.2) is 42.5 Å².